The van der Waals surface area contributed by atoms with Gasteiger partial charge in [0, 0.05) is 18.2 Å². The smallest absolute Gasteiger partial charge is 0.321 e. The van der Waals surface area contributed by atoms with Crippen LogP contribution in [0.1, 0.15) is 58.4 Å². The minimum absolute atomic E-state index is 0.0778. The van der Waals surface area contributed by atoms with Gasteiger partial charge in [0.2, 0.25) is 5.91 Å². The highest BCUT2D eigenvalue weighted by molar-refractivity contribution is 7.99. The Morgan fingerprint density at radius 3 is 2.53 bits per heavy atom. The maximum atomic E-state index is 12.4. The molecule has 1 aromatic heterocycles. The standard InChI is InChI=1S/C24H35N5O4S/c1-16(2)12-13-25-23(31)26-21(30)15-34-24-28-27-22(29(24)18-8-6-5-7-9-18)17-10-11-19(32-3)20(14-17)33-4/h10-11,14,16,18H,5-9,12-13,15H2,1-4H3,(H2,25,26,30,31). The summed E-state index contributed by atoms with van der Waals surface area (Å²) in [6.07, 6.45) is 6.46. The first-order valence-corrected chi connectivity index (χ1v) is 12.8. The number of rotatable bonds is 10. The van der Waals surface area contributed by atoms with Gasteiger partial charge in [-0.1, -0.05) is 44.9 Å². The lowest BCUT2D eigenvalue weighted by atomic mass is 9.95. The topological polar surface area (TPSA) is 107 Å². The third-order valence-corrected chi connectivity index (χ3v) is 6.78. The first-order valence-electron chi connectivity index (χ1n) is 11.8. The number of hydrogen-bond acceptors (Lipinski definition) is 7. The Labute approximate surface area is 205 Å². The number of urea groups is 1. The average molecular weight is 490 g/mol. The van der Waals surface area contributed by atoms with Crippen molar-refractivity contribution < 1.29 is 19.1 Å². The van der Waals surface area contributed by atoms with Gasteiger partial charge in [0.25, 0.3) is 0 Å². The van der Waals surface area contributed by atoms with E-state index in [2.05, 4.69) is 39.2 Å². The van der Waals surface area contributed by atoms with Gasteiger partial charge >= 0.3 is 6.03 Å². The molecule has 2 N–H and O–H groups in total. The van der Waals surface area contributed by atoms with E-state index in [1.54, 1.807) is 14.2 Å². The Morgan fingerprint density at radius 2 is 1.85 bits per heavy atom. The van der Waals surface area contributed by atoms with Gasteiger partial charge in [-0.15, -0.1) is 10.2 Å². The molecule has 1 fully saturated rings. The summed E-state index contributed by atoms with van der Waals surface area (Å²) in [4.78, 5) is 24.3. The van der Waals surface area contributed by atoms with Crippen molar-refractivity contribution in [3.8, 4) is 22.9 Å². The van der Waals surface area contributed by atoms with Crippen molar-refractivity contribution in [3.05, 3.63) is 18.2 Å². The summed E-state index contributed by atoms with van der Waals surface area (Å²) in [6.45, 7) is 4.70. The number of nitrogens with one attached hydrogen (secondary N) is 2. The third kappa shape index (κ3) is 6.88. The van der Waals surface area contributed by atoms with Crippen LogP contribution in [0.2, 0.25) is 0 Å². The molecule has 3 rings (SSSR count). The van der Waals surface area contributed by atoms with Crippen LogP contribution in [0.3, 0.4) is 0 Å². The minimum atomic E-state index is -0.467. The second-order valence-electron chi connectivity index (χ2n) is 8.81. The van der Waals surface area contributed by atoms with Gasteiger partial charge in [0.15, 0.2) is 22.5 Å². The summed E-state index contributed by atoms with van der Waals surface area (Å²) in [7, 11) is 3.21. The lowest BCUT2D eigenvalue weighted by molar-refractivity contribution is -0.117. The van der Waals surface area contributed by atoms with Crippen molar-refractivity contribution >= 4 is 23.7 Å². The Hall–Kier alpha value is -2.75. The number of nitrogens with zero attached hydrogens (tertiary/aromatic N) is 3. The molecule has 1 aromatic carbocycles. The molecular weight excluding hydrogens is 454 g/mol. The van der Waals surface area contributed by atoms with Gasteiger partial charge in [-0.25, -0.2) is 4.79 Å². The SMILES string of the molecule is COc1ccc(-c2nnc(SCC(=O)NC(=O)NCCC(C)C)n2C2CCCCC2)cc1OC. The second-order valence-corrected chi connectivity index (χ2v) is 9.76. The van der Waals surface area contributed by atoms with Crippen LogP contribution in [0.15, 0.2) is 23.4 Å². The molecule has 0 radical (unpaired) electrons. The van der Waals surface area contributed by atoms with Gasteiger partial charge in [-0.05, 0) is 43.4 Å². The Kier molecular flexibility index (Phi) is 9.62. The fourth-order valence-corrected chi connectivity index (χ4v) is 4.83. The molecule has 0 aliphatic heterocycles. The zero-order valence-corrected chi connectivity index (χ0v) is 21.2. The number of amides is 3. The number of aromatic nitrogens is 3. The van der Waals surface area contributed by atoms with Gasteiger partial charge in [0.05, 0.1) is 20.0 Å². The van der Waals surface area contributed by atoms with Gasteiger partial charge in [-0.3, -0.25) is 14.7 Å². The van der Waals surface area contributed by atoms with E-state index in [0.29, 0.717) is 29.1 Å². The predicted octanol–water partition coefficient (Wildman–Crippen LogP) is 4.43. The Morgan fingerprint density at radius 1 is 1.12 bits per heavy atom. The molecular formula is C24H35N5O4S. The van der Waals surface area contributed by atoms with E-state index in [-0.39, 0.29) is 17.7 Å². The lowest BCUT2D eigenvalue weighted by Gasteiger charge is -2.25. The lowest BCUT2D eigenvalue weighted by Crippen LogP contribution is -2.40. The fraction of sp³-hybridized carbons (Fsp3) is 0.583. The van der Waals surface area contributed by atoms with Crippen LogP contribution < -0.4 is 20.1 Å². The summed E-state index contributed by atoms with van der Waals surface area (Å²) in [5.41, 5.74) is 0.872. The molecule has 0 spiro atoms. The number of methoxy groups -OCH3 is 2. The van der Waals surface area contributed by atoms with E-state index in [4.69, 9.17) is 9.47 Å². The van der Waals surface area contributed by atoms with Crippen molar-refractivity contribution in [2.75, 3.05) is 26.5 Å². The van der Waals surface area contributed by atoms with Crippen LogP contribution in [0, 0.1) is 5.92 Å². The van der Waals surface area contributed by atoms with E-state index in [9.17, 15) is 9.59 Å². The van der Waals surface area contributed by atoms with Gasteiger partial charge in [-0.2, -0.15) is 0 Å². The Bertz CT molecular complexity index is 972. The number of imide groups is 1. The van der Waals surface area contributed by atoms with Crippen molar-refractivity contribution in [1.82, 2.24) is 25.4 Å². The molecule has 1 saturated carbocycles. The van der Waals surface area contributed by atoms with Crippen molar-refractivity contribution in [1.29, 1.82) is 0 Å². The predicted molar refractivity (Wildman–Crippen MR) is 132 cm³/mol. The molecule has 2 aromatic rings. The number of thioether (sulfide) groups is 1. The summed E-state index contributed by atoms with van der Waals surface area (Å²) in [5, 5.41) is 14.7. The molecule has 0 bridgehead atoms. The molecule has 0 unspecified atom stereocenters. The van der Waals surface area contributed by atoms with Crippen molar-refractivity contribution in [3.63, 3.8) is 0 Å². The first-order chi connectivity index (χ1) is 16.4. The number of carbonyl (C=O) groups excluding carboxylic acids is 2. The van der Waals surface area contributed by atoms with Crippen LogP contribution in [0.4, 0.5) is 4.79 Å². The van der Waals surface area contributed by atoms with E-state index in [1.165, 1.54) is 18.2 Å². The molecule has 34 heavy (non-hydrogen) atoms. The van der Waals surface area contributed by atoms with Crippen LogP contribution in [-0.2, 0) is 4.79 Å². The molecule has 10 heteroatoms. The van der Waals surface area contributed by atoms with E-state index in [1.807, 2.05) is 18.2 Å². The highest BCUT2D eigenvalue weighted by Crippen LogP contribution is 2.38. The number of hydrogen-bond donors (Lipinski definition) is 2. The van der Waals surface area contributed by atoms with E-state index >= 15 is 0 Å². The fourth-order valence-electron chi connectivity index (χ4n) is 4.03. The monoisotopic (exact) mass is 489 g/mol. The van der Waals surface area contributed by atoms with Crippen LogP contribution in [-0.4, -0.2) is 53.2 Å². The van der Waals surface area contributed by atoms with E-state index < -0.39 is 6.03 Å². The van der Waals surface area contributed by atoms with Crippen molar-refractivity contribution in [2.24, 2.45) is 5.92 Å². The highest BCUT2D eigenvalue weighted by atomic mass is 32.2. The van der Waals surface area contributed by atoms with E-state index in [0.717, 1.165) is 43.5 Å². The largest absolute Gasteiger partial charge is 0.493 e. The minimum Gasteiger partial charge on any atom is -0.493 e. The normalized spacial score (nSPS) is 14.1. The molecule has 186 valence electrons. The summed E-state index contributed by atoms with van der Waals surface area (Å²) >= 11 is 1.29. The zero-order chi connectivity index (χ0) is 24.5. The van der Waals surface area contributed by atoms with Crippen LogP contribution >= 0.6 is 11.8 Å². The second kappa shape index (κ2) is 12.6. The maximum Gasteiger partial charge on any atom is 0.321 e. The van der Waals surface area contributed by atoms with Gasteiger partial charge < -0.3 is 14.8 Å². The van der Waals surface area contributed by atoms with Crippen molar-refractivity contribution in [2.45, 2.75) is 63.6 Å². The van der Waals surface area contributed by atoms with Crippen LogP contribution in [0.5, 0.6) is 11.5 Å². The quantitative estimate of drug-likeness (QED) is 0.475. The molecule has 1 aliphatic rings. The molecule has 9 nitrogen and oxygen atoms in total. The zero-order valence-electron chi connectivity index (χ0n) is 20.4. The molecule has 0 saturated heterocycles. The molecule has 1 heterocycles. The number of carbonyl (C=O) groups is 2. The summed E-state index contributed by atoms with van der Waals surface area (Å²) < 4.78 is 13.0. The Balaban J connectivity index is 1.74. The third-order valence-electron chi connectivity index (χ3n) is 5.84. The number of ether oxygens (including phenoxy) is 2. The highest BCUT2D eigenvalue weighted by Gasteiger charge is 2.25. The van der Waals surface area contributed by atoms with Crippen LogP contribution in [0.25, 0.3) is 11.4 Å². The average Bonchev–Trinajstić information content (AvgIpc) is 3.26. The molecule has 0 atom stereocenters. The summed E-state index contributed by atoms with van der Waals surface area (Å²) in [5.74, 6) is 2.20. The number of benzene rings is 1. The first kappa shape index (κ1) is 25.9. The maximum absolute atomic E-state index is 12.4. The summed E-state index contributed by atoms with van der Waals surface area (Å²) in [6, 6.07) is 5.48. The molecule has 3 amide bonds. The molecule has 1 aliphatic carbocycles. The van der Waals surface area contributed by atoms with Gasteiger partial charge in [0.1, 0.15) is 0 Å².